The summed E-state index contributed by atoms with van der Waals surface area (Å²) in [5, 5.41) is 20.1. The molecule has 2 aliphatic rings. The molecule has 6 N–H and O–H groups in total. The molecule has 4 aromatic carbocycles. The molecule has 90 heavy (non-hydrogen) atoms. The average Bonchev–Trinajstić information content (AvgIpc) is 0.734. The summed E-state index contributed by atoms with van der Waals surface area (Å²) in [7, 11) is 3.28. The third-order valence-corrected chi connectivity index (χ3v) is 15.4. The maximum absolute atomic E-state index is 15.3. The minimum Gasteiger partial charge on any atom is -0.382 e. The number of benzene rings is 4. The van der Waals surface area contributed by atoms with E-state index in [0.717, 1.165) is 25.7 Å². The van der Waals surface area contributed by atoms with Crippen molar-refractivity contribution in [2.45, 2.75) is 163 Å². The van der Waals surface area contributed by atoms with Gasteiger partial charge < -0.3 is 60.3 Å². The number of rotatable bonds is 36. The number of fused-ring (bicyclic) bond motifs is 4. The Kier molecular flexibility index (Phi) is 23.6. The molecule has 2 aliphatic carbocycles. The maximum Gasteiger partial charge on any atom is 0.233 e. The lowest BCUT2D eigenvalue weighted by Gasteiger charge is -2.35. The molecule has 5 unspecified atom stereocenters. The Hall–Kier alpha value is -7.86. The van der Waals surface area contributed by atoms with Crippen molar-refractivity contribution >= 4 is 70.2 Å². The fourth-order valence-electron chi connectivity index (χ4n) is 11.7. The van der Waals surface area contributed by atoms with E-state index in [1.165, 1.54) is 0 Å². The number of carbonyl (C=O) groups excluding carboxylic acids is 4. The third-order valence-electron chi connectivity index (χ3n) is 15.4. The van der Waals surface area contributed by atoms with Crippen LogP contribution in [0.2, 0.25) is 0 Å². The molecule has 5 atom stereocenters. The van der Waals surface area contributed by atoms with Crippen LogP contribution in [-0.2, 0) is 28.4 Å². The highest BCUT2D eigenvalue weighted by molar-refractivity contribution is 6.35. The van der Waals surface area contributed by atoms with E-state index in [1.54, 1.807) is 87.0 Å². The lowest BCUT2D eigenvalue weighted by molar-refractivity contribution is -0.115. The van der Waals surface area contributed by atoms with Gasteiger partial charge in [0, 0.05) is 79.2 Å². The van der Waals surface area contributed by atoms with E-state index in [1.807, 2.05) is 48.5 Å². The third kappa shape index (κ3) is 17.5. The van der Waals surface area contributed by atoms with Crippen molar-refractivity contribution in [1.29, 1.82) is 0 Å². The van der Waals surface area contributed by atoms with Gasteiger partial charge in [-0.05, 0) is 111 Å². The molecule has 6 aromatic rings. The quantitative estimate of drug-likeness (QED) is 0.0199. The summed E-state index contributed by atoms with van der Waals surface area (Å²) in [6.45, 7) is 26.0. The number of hydrogen-bond acceptors (Lipinski definition) is 22. The SMILES string of the molecule is CCCCNc1nc(Nc2ccc(-c3ccc(Nc4nc(NCCCC)nc(NC(C)CC(C)(C)OC(C)CC(C)(C)OCCOC)n4)c4c3C(=O)c3ccccc3C4=O)c3c2C(=O)c2ccccc2C3=O)nc(NC(C)CC(C)OC(C)COCCOC)n1. The molecule has 0 aliphatic heterocycles. The molecule has 0 saturated heterocycles. The van der Waals surface area contributed by atoms with Gasteiger partial charge in [0.1, 0.15) is 0 Å². The lowest BCUT2D eigenvalue weighted by Crippen LogP contribution is -2.38. The van der Waals surface area contributed by atoms with Crippen molar-refractivity contribution in [1.82, 2.24) is 29.9 Å². The van der Waals surface area contributed by atoms with E-state index < -0.39 is 34.3 Å². The van der Waals surface area contributed by atoms with Crippen molar-refractivity contribution in [2.75, 3.05) is 92.2 Å². The molecule has 22 nitrogen and oxygen atoms in total. The summed E-state index contributed by atoms with van der Waals surface area (Å²) < 4.78 is 34.9. The summed E-state index contributed by atoms with van der Waals surface area (Å²) in [4.78, 5) is 89.4. The largest absolute Gasteiger partial charge is 0.382 e. The molecule has 0 saturated carbocycles. The van der Waals surface area contributed by atoms with Crippen molar-refractivity contribution < 1.29 is 47.6 Å². The highest BCUT2D eigenvalue weighted by Crippen LogP contribution is 2.45. The number of ketones is 4. The standard InChI is InChI=1S/C68H90N12O10/c1-14-16-30-69-61-75-63(71-40(3)36-42(5)89-44(7)39-87-34-32-85-12)79-65(77-61)73-51-28-26-45(53-55(51)59(83)49-24-20-18-22-47(49)57(53)81)46-27-29-52(56-54(46)58(82)48-23-19-21-25-50(48)60(56)84)74-66-78-62(70-31-17-15-2)76-64(80-66)72-41(4)37-68(10,11)90-43(6)38-67(8,9)88-35-33-86-13/h18-29,40-44H,14-17,30-39H2,1-13H3,(H3,69,71,73,75,77,79)(H3,70,72,74,76,78,80). The molecule has 2 heterocycles. The smallest absolute Gasteiger partial charge is 0.233 e. The Morgan fingerprint density at radius 1 is 0.456 bits per heavy atom. The van der Waals surface area contributed by atoms with Crippen molar-refractivity contribution in [2.24, 2.45) is 0 Å². The number of methoxy groups -OCH3 is 2. The predicted octanol–water partition coefficient (Wildman–Crippen LogP) is 12.0. The number of ether oxygens (including phenoxy) is 6. The molecule has 482 valence electrons. The van der Waals surface area contributed by atoms with Crippen LogP contribution < -0.4 is 31.9 Å². The fourth-order valence-corrected chi connectivity index (χ4v) is 11.7. The minimum absolute atomic E-state index is 0.0316. The number of nitrogens with zero attached hydrogens (tertiary/aromatic N) is 6. The normalized spacial score (nSPS) is 14.6. The van der Waals surface area contributed by atoms with E-state index in [0.29, 0.717) is 77.3 Å². The molecular weight excluding hydrogens is 1140 g/mol. The Labute approximate surface area is 529 Å². The van der Waals surface area contributed by atoms with Gasteiger partial charge in [0.2, 0.25) is 35.7 Å². The maximum atomic E-state index is 15.3. The van der Waals surface area contributed by atoms with Crippen LogP contribution in [-0.4, -0.2) is 155 Å². The molecule has 0 spiro atoms. The van der Waals surface area contributed by atoms with Gasteiger partial charge >= 0.3 is 0 Å². The minimum atomic E-state index is -0.563. The summed E-state index contributed by atoms with van der Waals surface area (Å²) in [5.74, 6) is -0.467. The van der Waals surface area contributed by atoms with Crippen molar-refractivity contribution in [3.63, 3.8) is 0 Å². The van der Waals surface area contributed by atoms with Gasteiger partial charge in [-0.1, -0.05) is 87.4 Å². The van der Waals surface area contributed by atoms with Crippen LogP contribution in [0.1, 0.15) is 185 Å². The number of nitrogens with one attached hydrogen (secondary N) is 6. The second kappa shape index (κ2) is 31.2. The molecular formula is C68H90N12O10. The van der Waals surface area contributed by atoms with E-state index in [-0.39, 0.29) is 121 Å². The van der Waals surface area contributed by atoms with E-state index in [4.69, 9.17) is 58.3 Å². The van der Waals surface area contributed by atoms with Crippen LogP contribution in [0.3, 0.4) is 0 Å². The first-order chi connectivity index (χ1) is 43.1. The van der Waals surface area contributed by atoms with Crippen molar-refractivity contribution in [3.8, 4) is 11.1 Å². The van der Waals surface area contributed by atoms with Gasteiger partial charge in [0.05, 0.1) is 85.1 Å². The van der Waals surface area contributed by atoms with Crippen LogP contribution in [0.15, 0.2) is 72.8 Å². The molecule has 2 aromatic heterocycles. The topological polar surface area (TPSA) is 273 Å². The van der Waals surface area contributed by atoms with Crippen LogP contribution >= 0.6 is 0 Å². The van der Waals surface area contributed by atoms with Gasteiger partial charge in [0.25, 0.3) is 0 Å². The van der Waals surface area contributed by atoms with Gasteiger partial charge in [-0.2, -0.15) is 29.9 Å². The summed E-state index contributed by atoms with van der Waals surface area (Å²) in [6, 6.07) is 19.6. The number of unbranched alkanes of at least 4 members (excludes halogenated alkanes) is 2. The zero-order valence-electron chi connectivity index (χ0n) is 54.5. The van der Waals surface area contributed by atoms with Gasteiger partial charge in [0.15, 0.2) is 23.1 Å². The monoisotopic (exact) mass is 1230 g/mol. The summed E-state index contributed by atoms with van der Waals surface area (Å²) in [5.41, 5.74) is 0.934. The number of carbonyl (C=O) groups is 4. The highest BCUT2D eigenvalue weighted by atomic mass is 16.6. The zero-order chi connectivity index (χ0) is 64.7. The summed E-state index contributed by atoms with van der Waals surface area (Å²) >= 11 is 0. The van der Waals surface area contributed by atoms with Gasteiger partial charge in [-0.15, -0.1) is 0 Å². The number of hydrogen-bond donors (Lipinski definition) is 6. The van der Waals surface area contributed by atoms with Gasteiger partial charge in [-0.25, -0.2) is 0 Å². The van der Waals surface area contributed by atoms with E-state index >= 15 is 19.2 Å². The Bertz CT molecular complexity index is 3490. The molecule has 0 bridgehead atoms. The Morgan fingerprint density at radius 2 is 0.889 bits per heavy atom. The van der Waals surface area contributed by atoms with E-state index in [2.05, 4.69) is 59.6 Å². The predicted molar refractivity (Wildman–Crippen MR) is 351 cm³/mol. The zero-order valence-corrected chi connectivity index (χ0v) is 54.5. The second-order valence-corrected chi connectivity index (χ2v) is 24.5. The highest BCUT2D eigenvalue weighted by Gasteiger charge is 2.39. The molecule has 0 fully saturated rings. The van der Waals surface area contributed by atoms with Crippen LogP contribution in [0.25, 0.3) is 11.1 Å². The van der Waals surface area contributed by atoms with Gasteiger partial charge in [-0.3, -0.25) is 19.2 Å². The van der Waals surface area contributed by atoms with E-state index in [9.17, 15) is 0 Å². The molecule has 22 heteroatoms. The Morgan fingerprint density at radius 3 is 1.36 bits per heavy atom. The molecule has 0 radical (unpaired) electrons. The first-order valence-electron chi connectivity index (χ1n) is 31.4. The van der Waals surface area contributed by atoms with Crippen LogP contribution in [0.4, 0.5) is 47.1 Å². The molecule has 0 amide bonds. The van der Waals surface area contributed by atoms with Crippen LogP contribution in [0.5, 0.6) is 0 Å². The first-order valence-corrected chi connectivity index (χ1v) is 31.4. The second-order valence-electron chi connectivity index (χ2n) is 24.5. The Balaban J connectivity index is 1.15. The number of aromatic nitrogens is 6. The average molecular weight is 1240 g/mol. The number of anilines is 8. The van der Waals surface area contributed by atoms with Crippen LogP contribution in [0, 0.1) is 0 Å². The van der Waals surface area contributed by atoms with Crippen molar-refractivity contribution in [3.05, 3.63) is 117 Å². The molecule has 8 rings (SSSR count). The fraction of sp³-hybridized carbons (Fsp3) is 0.500. The first kappa shape index (κ1) is 68.1. The lowest BCUT2D eigenvalue weighted by atomic mass is 9.75. The summed E-state index contributed by atoms with van der Waals surface area (Å²) in [6.07, 6.45) is 5.03.